The molecule has 0 aliphatic carbocycles. The lowest BCUT2D eigenvalue weighted by Crippen LogP contribution is -2.31. The summed E-state index contributed by atoms with van der Waals surface area (Å²) >= 11 is 0. The van der Waals surface area contributed by atoms with Crippen LogP contribution in [-0.2, 0) is 13.6 Å². The Kier molecular flexibility index (Phi) is 3.97. The zero-order valence-corrected chi connectivity index (χ0v) is 11.2. The Morgan fingerprint density at radius 3 is 1.38 bits per heavy atom. The molecule has 0 saturated carbocycles. The highest BCUT2D eigenvalue weighted by atomic mass is 28.4. The normalized spacial score (nSPS) is 11.8. The van der Waals surface area contributed by atoms with Gasteiger partial charge in [-0.05, 0) is 39.3 Å². The largest absolute Gasteiger partial charge is 0.512 e. The third kappa shape index (κ3) is 7.83. The lowest BCUT2D eigenvalue weighted by atomic mass is 11.0. The first-order valence-electron chi connectivity index (χ1n) is 4.27. The van der Waals surface area contributed by atoms with E-state index in [-0.39, 0.29) is 5.95 Å². The minimum Gasteiger partial charge on any atom is -0.512 e. The Bertz CT molecular complexity index is 201. The fourth-order valence-corrected chi connectivity index (χ4v) is 1.98. The number of hydrogen-bond donors (Lipinski definition) is 0. The molecule has 0 fully saturated rings. The van der Waals surface area contributed by atoms with Crippen LogP contribution in [0.15, 0.2) is 5.95 Å². The summed E-state index contributed by atoms with van der Waals surface area (Å²) < 4.78 is 10.8. The first kappa shape index (κ1) is 12.5. The van der Waals surface area contributed by atoms with Gasteiger partial charge in [-0.3, -0.25) is 0 Å². The SMILES string of the molecule is C[Si](C)(C)OC(=C=O)O[Si](C)(C)C. The van der Waals surface area contributed by atoms with Crippen molar-refractivity contribution in [3.05, 3.63) is 5.95 Å². The fraction of sp³-hybridized carbons (Fsp3) is 0.750. The van der Waals surface area contributed by atoms with E-state index in [2.05, 4.69) is 0 Å². The Hall–Kier alpha value is -0.516. The van der Waals surface area contributed by atoms with Crippen molar-refractivity contribution in [1.29, 1.82) is 0 Å². The van der Waals surface area contributed by atoms with Crippen molar-refractivity contribution in [3.63, 3.8) is 0 Å². The van der Waals surface area contributed by atoms with Crippen LogP contribution < -0.4 is 0 Å². The van der Waals surface area contributed by atoms with Crippen molar-refractivity contribution in [3.8, 4) is 0 Å². The molecule has 0 aromatic carbocycles. The lowest BCUT2D eigenvalue weighted by molar-refractivity contribution is 0.222. The molecule has 0 aliphatic rings. The average molecular weight is 218 g/mol. The Labute approximate surface area is 82.0 Å². The highest BCUT2D eigenvalue weighted by Crippen LogP contribution is 2.14. The second-order valence-electron chi connectivity index (χ2n) is 4.82. The third-order valence-corrected chi connectivity index (χ3v) is 2.48. The molecule has 0 atom stereocenters. The van der Waals surface area contributed by atoms with Crippen molar-refractivity contribution >= 4 is 22.6 Å². The standard InChI is InChI=1S/C8H18O3Si2/c1-12(2,3)10-8(7-9)11-13(4,5)6/h1-6H3. The highest BCUT2D eigenvalue weighted by molar-refractivity contribution is 6.71. The van der Waals surface area contributed by atoms with E-state index in [1.807, 2.05) is 39.3 Å². The number of rotatable bonds is 4. The molecule has 0 aromatic rings. The van der Waals surface area contributed by atoms with E-state index in [1.165, 1.54) is 0 Å². The van der Waals surface area contributed by atoms with E-state index in [9.17, 15) is 4.79 Å². The molecule has 0 radical (unpaired) electrons. The molecule has 0 aromatic heterocycles. The van der Waals surface area contributed by atoms with Crippen LogP contribution in [0.4, 0.5) is 0 Å². The van der Waals surface area contributed by atoms with Gasteiger partial charge in [0.1, 0.15) is 0 Å². The van der Waals surface area contributed by atoms with Crippen molar-refractivity contribution in [2.24, 2.45) is 0 Å². The molecule has 3 nitrogen and oxygen atoms in total. The van der Waals surface area contributed by atoms with Gasteiger partial charge in [0.15, 0.2) is 0 Å². The van der Waals surface area contributed by atoms with Gasteiger partial charge < -0.3 is 8.85 Å². The van der Waals surface area contributed by atoms with E-state index in [0.717, 1.165) is 0 Å². The van der Waals surface area contributed by atoms with E-state index in [0.29, 0.717) is 0 Å². The maximum Gasteiger partial charge on any atom is 0.342 e. The molecule has 0 rings (SSSR count). The minimum absolute atomic E-state index is 0.0401. The maximum absolute atomic E-state index is 10.5. The summed E-state index contributed by atoms with van der Waals surface area (Å²) in [4.78, 5) is 10.5. The highest BCUT2D eigenvalue weighted by Gasteiger charge is 2.24. The van der Waals surface area contributed by atoms with Crippen molar-refractivity contribution in [2.75, 3.05) is 0 Å². The molecule has 0 spiro atoms. The molecule has 0 aliphatic heterocycles. The molecular weight excluding hydrogens is 200 g/mol. The fourth-order valence-electron chi connectivity index (χ4n) is 0.619. The smallest absolute Gasteiger partial charge is 0.342 e. The van der Waals surface area contributed by atoms with Gasteiger partial charge in [0.2, 0.25) is 22.6 Å². The van der Waals surface area contributed by atoms with Crippen LogP contribution in [0.2, 0.25) is 39.3 Å². The van der Waals surface area contributed by atoms with Crippen LogP contribution in [-0.4, -0.2) is 22.6 Å². The summed E-state index contributed by atoms with van der Waals surface area (Å²) in [6.07, 6.45) is 0. The van der Waals surface area contributed by atoms with E-state index >= 15 is 0 Å². The van der Waals surface area contributed by atoms with Gasteiger partial charge in [-0.1, -0.05) is 0 Å². The molecule has 13 heavy (non-hydrogen) atoms. The zero-order chi connectivity index (χ0) is 10.7. The Balaban J connectivity index is 4.33. The van der Waals surface area contributed by atoms with Gasteiger partial charge in [0.25, 0.3) is 0 Å². The van der Waals surface area contributed by atoms with Crippen LogP contribution in [0, 0.1) is 0 Å². The number of carbonyl (C=O) groups excluding carboxylic acids is 1. The van der Waals surface area contributed by atoms with Crippen LogP contribution in [0.3, 0.4) is 0 Å². The summed E-state index contributed by atoms with van der Waals surface area (Å²) in [5.41, 5.74) is 0. The van der Waals surface area contributed by atoms with Gasteiger partial charge in [-0.15, -0.1) is 0 Å². The third-order valence-electron chi connectivity index (χ3n) is 0.881. The monoisotopic (exact) mass is 218 g/mol. The lowest BCUT2D eigenvalue weighted by Gasteiger charge is -2.24. The predicted molar refractivity (Wildman–Crippen MR) is 58.1 cm³/mol. The quantitative estimate of drug-likeness (QED) is 0.413. The second kappa shape index (κ2) is 4.13. The first-order chi connectivity index (χ1) is 5.64. The van der Waals surface area contributed by atoms with Gasteiger partial charge in [-0.2, -0.15) is 0 Å². The molecular formula is C8H18O3Si2. The average Bonchev–Trinajstić information content (AvgIpc) is 1.79. The molecule has 5 heteroatoms. The van der Waals surface area contributed by atoms with E-state index in [1.54, 1.807) is 5.94 Å². The second-order valence-corrected chi connectivity index (χ2v) is 13.7. The van der Waals surface area contributed by atoms with Crippen LogP contribution >= 0.6 is 0 Å². The van der Waals surface area contributed by atoms with Gasteiger partial charge in [-0.25, -0.2) is 4.79 Å². The van der Waals surface area contributed by atoms with E-state index < -0.39 is 16.6 Å². The van der Waals surface area contributed by atoms with Crippen LogP contribution in [0.5, 0.6) is 0 Å². The van der Waals surface area contributed by atoms with Crippen molar-refractivity contribution in [1.82, 2.24) is 0 Å². The van der Waals surface area contributed by atoms with Crippen molar-refractivity contribution < 1.29 is 13.6 Å². The Morgan fingerprint density at radius 2 is 1.23 bits per heavy atom. The molecule has 0 amide bonds. The van der Waals surface area contributed by atoms with Crippen LogP contribution in [0.25, 0.3) is 0 Å². The van der Waals surface area contributed by atoms with E-state index in [4.69, 9.17) is 8.85 Å². The summed E-state index contributed by atoms with van der Waals surface area (Å²) in [5, 5.41) is 0. The summed E-state index contributed by atoms with van der Waals surface area (Å²) in [5.74, 6) is 1.75. The molecule has 0 unspecified atom stereocenters. The summed E-state index contributed by atoms with van der Waals surface area (Å²) in [6, 6.07) is 0. The molecule has 0 saturated heterocycles. The topological polar surface area (TPSA) is 35.5 Å². The summed E-state index contributed by atoms with van der Waals surface area (Å²) in [6.45, 7) is 12.0. The number of hydrogen-bond acceptors (Lipinski definition) is 3. The first-order valence-corrected chi connectivity index (χ1v) is 11.1. The van der Waals surface area contributed by atoms with Crippen molar-refractivity contribution in [2.45, 2.75) is 39.3 Å². The van der Waals surface area contributed by atoms with Gasteiger partial charge >= 0.3 is 5.95 Å². The Morgan fingerprint density at radius 1 is 0.923 bits per heavy atom. The molecule has 76 valence electrons. The van der Waals surface area contributed by atoms with Crippen LogP contribution in [0.1, 0.15) is 0 Å². The zero-order valence-electron chi connectivity index (χ0n) is 9.22. The van der Waals surface area contributed by atoms with Gasteiger partial charge in [0, 0.05) is 0 Å². The molecule has 0 heterocycles. The summed E-state index contributed by atoms with van der Waals surface area (Å²) in [7, 11) is -3.49. The maximum atomic E-state index is 10.5. The van der Waals surface area contributed by atoms with Gasteiger partial charge in [0.05, 0.1) is 0 Å². The molecule has 0 N–H and O–H groups in total. The minimum atomic E-state index is -1.74. The molecule has 0 bridgehead atoms. The predicted octanol–water partition coefficient (Wildman–Crippen LogP) is 2.36.